The number of hydrogen-bond donors (Lipinski definition) is 2. The molecule has 2 amide bonds. The number of rotatable bonds is 5. The number of hydrogen-bond acceptors (Lipinski definition) is 3. The molecule has 0 fully saturated rings. The molecule has 24 heavy (non-hydrogen) atoms. The molecule has 0 saturated heterocycles. The van der Waals surface area contributed by atoms with Crippen LogP contribution in [-0.2, 0) is 9.59 Å². The van der Waals surface area contributed by atoms with E-state index < -0.39 is 5.82 Å². The Bertz CT molecular complexity index is 753. The van der Waals surface area contributed by atoms with Gasteiger partial charge >= 0.3 is 0 Å². The number of thioether (sulfide) groups is 1. The quantitative estimate of drug-likeness (QED) is 0.763. The molecule has 1 atom stereocenters. The average Bonchev–Trinajstić information content (AvgIpc) is 2.52. The average molecular weight is 367 g/mol. The third kappa shape index (κ3) is 5.25. The highest BCUT2D eigenvalue weighted by atomic mass is 35.5. The molecule has 2 aromatic rings. The standard InChI is InChI=1S/C17H16ClFN2O2S/c1-10(24-14-6-3-12(18)4-7-14)17(23)21-13-5-8-15(19)16(9-13)20-11(2)22/h3-10H,1-2H3,(H,20,22)(H,21,23). The molecule has 0 aliphatic heterocycles. The molecule has 2 rings (SSSR count). The number of halogens is 2. The van der Waals surface area contributed by atoms with Gasteiger partial charge in [0.1, 0.15) is 5.82 Å². The fourth-order valence-electron chi connectivity index (χ4n) is 1.90. The van der Waals surface area contributed by atoms with Crippen LogP contribution in [0.3, 0.4) is 0 Å². The van der Waals surface area contributed by atoms with Crippen LogP contribution in [-0.4, -0.2) is 17.1 Å². The van der Waals surface area contributed by atoms with Gasteiger partial charge in [-0.2, -0.15) is 0 Å². The van der Waals surface area contributed by atoms with Crippen LogP contribution in [0.4, 0.5) is 15.8 Å². The van der Waals surface area contributed by atoms with Gasteiger partial charge in [-0.1, -0.05) is 11.6 Å². The molecule has 0 aliphatic rings. The van der Waals surface area contributed by atoms with Gasteiger partial charge in [-0.3, -0.25) is 9.59 Å². The second-order valence-corrected chi connectivity index (χ2v) is 6.93. The van der Waals surface area contributed by atoms with Crippen molar-refractivity contribution >= 4 is 46.6 Å². The summed E-state index contributed by atoms with van der Waals surface area (Å²) < 4.78 is 13.6. The first kappa shape index (κ1) is 18.3. The molecule has 2 aromatic carbocycles. The van der Waals surface area contributed by atoms with Crippen molar-refractivity contribution in [3.05, 3.63) is 53.3 Å². The summed E-state index contributed by atoms with van der Waals surface area (Å²) in [6.07, 6.45) is 0. The maximum Gasteiger partial charge on any atom is 0.237 e. The van der Waals surface area contributed by atoms with Gasteiger partial charge in [-0.05, 0) is 49.4 Å². The molecule has 0 aromatic heterocycles. The van der Waals surface area contributed by atoms with Crippen molar-refractivity contribution < 1.29 is 14.0 Å². The number of benzene rings is 2. The van der Waals surface area contributed by atoms with E-state index in [0.717, 1.165) is 4.90 Å². The zero-order valence-electron chi connectivity index (χ0n) is 13.1. The third-order valence-corrected chi connectivity index (χ3v) is 4.40. The Hall–Kier alpha value is -2.05. The predicted octanol–water partition coefficient (Wildman–Crippen LogP) is 4.56. The van der Waals surface area contributed by atoms with Gasteiger partial charge in [-0.15, -0.1) is 11.8 Å². The van der Waals surface area contributed by atoms with Crippen molar-refractivity contribution in [2.24, 2.45) is 0 Å². The Balaban J connectivity index is 2.03. The fourth-order valence-corrected chi connectivity index (χ4v) is 2.90. The highest BCUT2D eigenvalue weighted by molar-refractivity contribution is 8.00. The van der Waals surface area contributed by atoms with Gasteiger partial charge in [0.15, 0.2) is 0 Å². The first-order chi connectivity index (χ1) is 11.3. The molecule has 0 radical (unpaired) electrons. The summed E-state index contributed by atoms with van der Waals surface area (Å²) >= 11 is 7.22. The molecular weight excluding hydrogens is 351 g/mol. The lowest BCUT2D eigenvalue weighted by Gasteiger charge is -2.13. The van der Waals surface area contributed by atoms with Crippen LogP contribution in [0, 0.1) is 5.82 Å². The van der Waals surface area contributed by atoms with Crippen LogP contribution in [0.1, 0.15) is 13.8 Å². The molecular formula is C17H16ClFN2O2S. The Morgan fingerprint density at radius 3 is 2.42 bits per heavy atom. The van der Waals surface area contributed by atoms with Gasteiger partial charge in [-0.25, -0.2) is 4.39 Å². The smallest absolute Gasteiger partial charge is 0.237 e. The largest absolute Gasteiger partial charge is 0.325 e. The number of carbonyl (C=O) groups is 2. The molecule has 0 bridgehead atoms. The van der Waals surface area contributed by atoms with Gasteiger partial charge in [0.2, 0.25) is 11.8 Å². The van der Waals surface area contributed by atoms with Crippen molar-refractivity contribution in [1.82, 2.24) is 0 Å². The number of anilines is 2. The van der Waals surface area contributed by atoms with E-state index in [-0.39, 0.29) is 22.8 Å². The summed E-state index contributed by atoms with van der Waals surface area (Å²) in [4.78, 5) is 24.2. The lowest BCUT2D eigenvalue weighted by Crippen LogP contribution is -2.22. The normalized spacial score (nSPS) is 11.7. The van der Waals surface area contributed by atoms with Crippen LogP contribution in [0.25, 0.3) is 0 Å². The van der Waals surface area contributed by atoms with E-state index in [1.807, 2.05) is 12.1 Å². The molecule has 7 heteroatoms. The van der Waals surface area contributed by atoms with Crippen molar-refractivity contribution in [2.75, 3.05) is 10.6 Å². The Kier molecular flexibility index (Phi) is 6.23. The SMILES string of the molecule is CC(=O)Nc1cc(NC(=O)C(C)Sc2ccc(Cl)cc2)ccc1F. The van der Waals surface area contributed by atoms with Gasteiger partial charge < -0.3 is 10.6 Å². The third-order valence-electron chi connectivity index (χ3n) is 3.04. The highest BCUT2D eigenvalue weighted by Crippen LogP contribution is 2.26. The van der Waals surface area contributed by atoms with E-state index in [4.69, 9.17) is 11.6 Å². The van der Waals surface area contributed by atoms with Gasteiger partial charge in [0, 0.05) is 22.5 Å². The maximum absolute atomic E-state index is 13.6. The predicted molar refractivity (Wildman–Crippen MR) is 96.1 cm³/mol. The Morgan fingerprint density at radius 2 is 1.79 bits per heavy atom. The summed E-state index contributed by atoms with van der Waals surface area (Å²) in [6, 6.07) is 11.2. The Labute approximate surface area is 148 Å². The zero-order valence-corrected chi connectivity index (χ0v) is 14.7. The zero-order chi connectivity index (χ0) is 17.7. The van der Waals surface area contributed by atoms with Crippen LogP contribution >= 0.6 is 23.4 Å². The summed E-state index contributed by atoms with van der Waals surface area (Å²) in [7, 11) is 0. The second kappa shape index (κ2) is 8.17. The van der Waals surface area contributed by atoms with E-state index in [1.54, 1.807) is 19.1 Å². The summed E-state index contributed by atoms with van der Waals surface area (Å²) in [6.45, 7) is 3.06. The molecule has 0 saturated carbocycles. The number of amides is 2. The van der Waals surface area contributed by atoms with E-state index in [2.05, 4.69) is 10.6 Å². The topological polar surface area (TPSA) is 58.2 Å². The molecule has 0 heterocycles. The minimum Gasteiger partial charge on any atom is -0.325 e. The first-order valence-corrected chi connectivity index (χ1v) is 8.41. The summed E-state index contributed by atoms with van der Waals surface area (Å²) in [5.41, 5.74) is 0.437. The lowest BCUT2D eigenvalue weighted by molar-refractivity contribution is -0.115. The minimum absolute atomic E-state index is 0.0262. The van der Waals surface area contributed by atoms with Crippen molar-refractivity contribution in [3.63, 3.8) is 0 Å². The second-order valence-electron chi connectivity index (χ2n) is 5.08. The van der Waals surface area contributed by atoms with Crippen LogP contribution in [0.5, 0.6) is 0 Å². The molecule has 126 valence electrons. The van der Waals surface area contributed by atoms with Crippen LogP contribution in [0.2, 0.25) is 5.02 Å². The fraction of sp³-hybridized carbons (Fsp3) is 0.176. The Morgan fingerprint density at radius 1 is 1.12 bits per heavy atom. The molecule has 1 unspecified atom stereocenters. The molecule has 4 nitrogen and oxygen atoms in total. The number of nitrogens with one attached hydrogen (secondary N) is 2. The van der Waals surface area contributed by atoms with Gasteiger partial charge in [0.05, 0.1) is 10.9 Å². The maximum atomic E-state index is 13.6. The van der Waals surface area contributed by atoms with E-state index >= 15 is 0 Å². The first-order valence-electron chi connectivity index (χ1n) is 7.15. The molecule has 2 N–H and O–H groups in total. The number of carbonyl (C=O) groups excluding carboxylic acids is 2. The summed E-state index contributed by atoms with van der Waals surface area (Å²) in [5, 5.41) is 5.36. The van der Waals surface area contributed by atoms with Crippen LogP contribution in [0.15, 0.2) is 47.4 Å². The molecule has 0 spiro atoms. The monoisotopic (exact) mass is 366 g/mol. The van der Waals surface area contributed by atoms with Gasteiger partial charge in [0.25, 0.3) is 0 Å². The summed E-state index contributed by atoms with van der Waals surface area (Å²) in [5.74, 6) is -1.17. The molecule has 0 aliphatic carbocycles. The van der Waals surface area contributed by atoms with E-state index in [1.165, 1.54) is 36.9 Å². The van der Waals surface area contributed by atoms with E-state index in [9.17, 15) is 14.0 Å². The lowest BCUT2D eigenvalue weighted by atomic mass is 10.2. The van der Waals surface area contributed by atoms with Crippen molar-refractivity contribution in [2.45, 2.75) is 24.0 Å². The van der Waals surface area contributed by atoms with Crippen molar-refractivity contribution in [3.8, 4) is 0 Å². The minimum atomic E-state index is -0.563. The van der Waals surface area contributed by atoms with E-state index in [0.29, 0.717) is 10.7 Å². The van der Waals surface area contributed by atoms with Crippen molar-refractivity contribution in [1.29, 1.82) is 0 Å². The highest BCUT2D eigenvalue weighted by Gasteiger charge is 2.15. The van der Waals surface area contributed by atoms with Crippen LogP contribution < -0.4 is 10.6 Å².